The van der Waals surface area contributed by atoms with E-state index in [2.05, 4.69) is 6.92 Å². The van der Waals surface area contributed by atoms with Crippen molar-refractivity contribution in [1.29, 1.82) is 0 Å². The Morgan fingerprint density at radius 1 is 1.50 bits per heavy atom. The summed E-state index contributed by atoms with van der Waals surface area (Å²) in [5.74, 6) is 1.14. The summed E-state index contributed by atoms with van der Waals surface area (Å²) in [6.07, 6.45) is 1.19. The molecule has 0 spiro atoms. The van der Waals surface area contributed by atoms with Crippen LogP contribution in [0.3, 0.4) is 0 Å². The Labute approximate surface area is 95.2 Å². The molecule has 0 atom stereocenters. The topological polar surface area (TPSA) is 3.24 Å². The molecule has 0 unspecified atom stereocenters. The van der Waals surface area contributed by atoms with Crippen LogP contribution >= 0.6 is 24.0 Å². The molecule has 0 N–H and O–H groups in total. The van der Waals surface area contributed by atoms with Crippen molar-refractivity contribution in [3.05, 3.63) is 0 Å². The quantitative estimate of drug-likeness (QED) is 0.476. The normalized spacial score (nSPS) is 8.30. The van der Waals surface area contributed by atoms with Crippen LogP contribution in [0.2, 0.25) is 0 Å². The molecule has 0 aromatic heterocycles. The summed E-state index contributed by atoms with van der Waals surface area (Å²) >= 11 is 6.77. The van der Waals surface area contributed by atoms with E-state index >= 15 is 0 Å². The van der Waals surface area contributed by atoms with Gasteiger partial charge in [0, 0.05) is 43.7 Å². The minimum Gasteiger partial charge on any atom is -0.364 e. The first-order valence-corrected chi connectivity index (χ1v) is 4.42. The van der Waals surface area contributed by atoms with E-state index in [9.17, 15) is 0 Å². The Kier molecular flexibility index (Phi) is 11.5. The molecule has 0 fully saturated rings. The van der Waals surface area contributed by atoms with Crippen molar-refractivity contribution < 1.29 is 0 Å². The van der Waals surface area contributed by atoms with Gasteiger partial charge in [-0.25, -0.2) is 0 Å². The van der Waals surface area contributed by atoms with Gasteiger partial charge in [0.25, 0.3) is 0 Å². The molecule has 0 bridgehead atoms. The summed E-state index contributed by atoms with van der Waals surface area (Å²) in [7, 11) is 3.95. The predicted molar refractivity (Wildman–Crippen MR) is 54.8 cm³/mol. The van der Waals surface area contributed by atoms with E-state index in [1.54, 1.807) is 11.8 Å². The third kappa shape index (κ3) is 7.35. The van der Waals surface area contributed by atoms with Gasteiger partial charge in [0.1, 0.15) is 4.32 Å². The largest absolute Gasteiger partial charge is 0.364 e. The molecule has 0 aliphatic rings. The van der Waals surface area contributed by atoms with Crippen LogP contribution < -0.4 is 0 Å². The second-order valence-electron chi connectivity index (χ2n) is 2.01. The van der Waals surface area contributed by atoms with Crippen LogP contribution in [0, 0.1) is 0 Å². The monoisotopic (exact) mass is 186 g/mol. The first kappa shape index (κ1) is 13.8. The van der Waals surface area contributed by atoms with Gasteiger partial charge in [-0.2, -0.15) is 0 Å². The minimum atomic E-state index is 0. The van der Waals surface area contributed by atoms with Crippen molar-refractivity contribution in [2.75, 3.05) is 19.8 Å². The molecule has 0 aliphatic carbocycles. The molecule has 0 aliphatic heterocycles. The van der Waals surface area contributed by atoms with E-state index in [4.69, 9.17) is 12.2 Å². The molecular formula is C6H13NNaS2. The molecular weight excluding hydrogens is 173 g/mol. The molecule has 1 radical (unpaired) electrons. The SMILES string of the molecule is CCCSC(=S)N(C)C.[Na]. The van der Waals surface area contributed by atoms with Gasteiger partial charge in [0.15, 0.2) is 0 Å². The summed E-state index contributed by atoms with van der Waals surface area (Å²) < 4.78 is 0.983. The molecule has 0 rings (SSSR count). The average Bonchev–Trinajstić information content (AvgIpc) is 1.82. The van der Waals surface area contributed by atoms with E-state index in [1.165, 1.54) is 6.42 Å². The van der Waals surface area contributed by atoms with E-state index in [-0.39, 0.29) is 29.6 Å². The van der Waals surface area contributed by atoms with E-state index in [0.29, 0.717) is 0 Å². The smallest absolute Gasteiger partial charge is 0.135 e. The van der Waals surface area contributed by atoms with Crippen molar-refractivity contribution in [3.8, 4) is 0 Å². The summed E-state index contributed by atoms with van der Waals surface area (Å²) in [4.78, 5) is 1.97. The standard InChI is InChI=1S/C6H13NS2.Na/c1-4-5-9-6(8)7(2)3;/h4-5H2,1-3H3;. The van der Waals surface area contributed by atoms with Gasteiger partial charge >= 0.3 is 0 Å². The molecule has 10 heavy (non-hydrogen) atoms. The first-order valence-electron chi connectivity index (χ1n) is 3.02. The molecule has 4 heteroatoms. The fourth-order valence-corrected chi connectivity index (χ4v) is 1.21. The predicted octanol–water partition coefficient (Wildman–Crippen LogP) is 1.60. The number of thioether (sulfide) groups is 1. The van der Waals surface area contributed by atoms with E-state index in [0.717, 1.165) is 10.1 Å². The molecule has 55 valence electrons. The number of nitrogens with zero attached hydrogens (tertiary/aromatic N) is 1. The van der Waals surface area contributed by atoms with Crippen LogP contribution in [-0.2, 0) is 0 Å². The van der Waals surface area contributed by atoms with Gasteiger partial charge in [-0.3, -0.25) is 0 Å². The van der Waals surface area contributed by atoms with Gasteiger partial charge in [-0.1, -0.05) is 30.9 Å². The van der Waals surface area contributed by atoms with Crippen molar-refractivity contribution in [3.63, 3.8) is 0 Å². The fourth-order valence-electron chi connectivity index (χ4n) is 0.318. The maximum absolute atomic E-state index is 5.03. The third-order valence-electron chi connectivity index (χ3n) is 0.795. The summed E-state index contributed by atoms with van der Waals surface area (Å²) in [5.41, 5.74) is 0. The van der Waals surface area contributed by atoms with E-state index < -0.39 is 0 Å². The van der Waals surface area contributed by atoms with E-state index in [1.807, 2.05) is 19.0 Å². The summed E-state index contributed by atoms with van der Waals surface area (Å²) in [6.45, 7) is 2.16. The maximum atomic E-state index is 5.03. The average molecular weight is 186 g/mol. The Morgan fingerprint density at radius 3 is 2.30 bits per heavy atom. The van der Waals surface area contributed by atoms with Gasteiger partial charge in [0.05, 0.1) is 0 Å². The number of rotatable bonds is 2. The fraction of sp³-hybridized carbons (Fsp3) is 0.833. The molecule has 0 saturated heterocycles. The zero-order valence-electron chi connectivity index (χ0n) is 7.18. The Morgan fingerprint density at radius 2 is 2.00 bits per heavy atom. The van der Waals surface area contributed by atoms with Crippen molar-refractivity contribution in [2.24, 2.45) is 0 Å². The van der Waals surface area contributed by atoms with Crippen molar-refractivity contribution >= 4 is 57.9 Å². The molecule has 0 aromatic rings. The molecule has 0 heterocycles. The summed E-state index contributed by atoms with van der Waals surface area (Å²) in [5, 5.41) is 0. The van der Waals surface area contributed by atoms with Gasteiger partial charge in [0.2, 0.25) is 0 Å². The Bertz CT molecular complexity index is 95.7. The van der Waals surface area contributed by atoms with Gasteiger partial charge < -0.3 is 4.90 Å². The third-order valence-corrected chi connectivity index (χ3v) is 2.74. The van der Waals surface area contributed by atoms with Crippen LogP contribution in [0.1, 0.15) is 13.3 Å². The zero-order chi connectivity index (χ0) is 7.28. The molecule has 0 aromatic carbocycles. The summed E-state index contributed by atoms with van der Waals surface area (Å²) in [6, 6.07) is 0. The molecule has 0 saturated carbocycles. The Balaban J connectivity index is 0. The molecule has 1 nitrogen and oxygen atoms in total. The van der Waals surface area contributed by atoms with Crippen LogP contribution in [-0.4, -0.2) is 58.6 Å². The second-order valence-corrected chi connectivity index (χ2v) is 3.74. The van der Waals surface area contributed by atoms with Gasteiger partial charge in [-0.05, 0) is 12.2 Å². The minimum absolute atomic E-state index is 0. The van der Waals surface area contributed by atoms with Crippen molar-refractivity contribution in [2.45, 2.75) is 13.3 Å². The molecule has 0 amide bonds. The van der Waals surface area contributed by atoms with Gasteiger partial charge in [-0.15, -0.1) is 0 Å². The van der Waals surface area contributed by atoms with Crippen LogP contribution in [0.4, 0.5) is 0 Å². The zero-order valence-corrected chi connectivity index (χ0v) is 10.8. The number of hydrogen-bond acceptors (Lipinski definition) is 2. The van der Waals surface area contributed by atoms with Crippen molar-refractivity contribution in [1.82, 2.24) is 4.90 Å². The number of hydrogen-bond donors (Lipinski definition) is 0. The number of thiocarbonyl (C=S) groups is 1. The Hall–Kier alpha value is 1.24. The van der Waals surface area contributed by atoms with Crippen LogP contribution in [0.25, 0.3) is 0 Å². The maximum Gasteiger partial charge on any atom is 0.135 e. The van der Waals surface area contributed by atoms with Crippen LogP contribution in [0.15, 0.2) is 0 Å². The first-order chi connectivity index (χ1) is 4.18. The second kappa shape index (κ2) is 8.34. The van der Waals surface area contributed by atoms with Crippen LogP contribution in [0.5, 0.6) is 0 Å².